The predicted molar refractivity (Wildman–Crippen MR) is 126 cm³/mol. The molecule has 8 heteroatoms. The molecule has 1 amide bonds. The van der Waals surface area contributed by atoms with Crippen LogP contribution in [0.25, 0.3) is 0 Å². The maximum absolute atomic E-state index is 13.0. The molecule has 170 valence electrons. The van der Waals surface area contributed by atoms with Crippen LogP contribution in [-0.2, 0) is 19.6 Å². The number of nitrogens with zero attached hydrogens (tertiary/aromatic N) is 6. The SMILES string of the molecule is CCn1cc(CN2CCN(C(=O)c3ccc(Cn4nc(C)c(Cl)c4C)cc3)CC2)c(C)n1. The number of piperazine rings is 1. The Morgan fingerprint density at radius 3 is 2.22 bits per heavy atom. The second-order valence-corrected chi connectivity index (χ2v) is 8.88. The standard InChI is InChI=1S/C24H31ClN6O/c1-5-30-16-22(17(2)26-30)15-28-10-12-29(13-11-28)24(32)21-8-6-20(7-9-21)14-31-19(4)23(25)18(3)27-31/h6-9,16H,5,10-15H2,1-4H3. The Kier molecular flexibility index (Phi) is 6.67. The zero-order chi connectivity index (χ0) is 22.8. The van der Waals surface area contributed by atoms with Crippen molar-refractivity contribution < 1.29 is 4.79 Å². The van der Waals surface area contributed by atoms with Gasteiger partial charge < -0.3 is 4.90 Å². The van der Waals surface area contributed by atoms with E-state index in [-0.39, 0.29) is 5.91 Å². The molecule has 3 heterocycles. The molecule has 1 saturated heterocycles. The number of rotatable bonds is 6. The van der Waals surface area contributed by atoms with Gasteiger partial charge in [0.05, 0.1) is 28.6 Å². The Labute approximate surface area is 194 Å². The van der Waals surface area contributed by atoms with Gasteiger partial charge in [0.25, 0.3) is 5.91 Å². The molecule has 7 nitrogen and oxygen atoms in total. The van der Waals surface area contributed by atoms with Crippen molar-refractivity contribution in [3.8, 4) is 0 Å². The van der Waals surface area contributed by atoms with E-state index in [1.807, 2.05) is 52.4 Å². The van der Waals surface area contributed by atoms with Crippen molar-refractivity contribution in [2.45, 2.75) is 47.3 Å². The van der Waals surface area contributed by atoms with Crippen molar-refractivity contribution in [2.75, 3.05) is 26.2 Å². The highest BCUT2D eigenvalue weighted by atomic mass is 35.5. The van der Waals surface area contributed by atoms with E-state index in [9.17, 15) is 4.79 Å². The van der Waals surface area contributed by atoms with Crippen molar-refractivity contribution in [2.24, 2.45) is 0 Å². The van der Waals surface area contributed by atoms with Gasteiger partial charge in [-0.3, -0.25) is 19.1 Å². The first-order valence-corrected chi connectivity index (χ1v) is 11.6. The van der Waals surface area contributed by atoms with E-state index in [0.717, 1.165) is 67.5 Å². The van der Waals surface area contributed by atoms with Crippen LogP contribution in [0.15, 0.2) is 30.5 Å². The lowest BCUT2D eigenvalue weighted by atomic mass is 10.1. The van der Waals surface area contributed by atoms with Gasteiger partial charge >= 0.3 is 0 Å². The third-order valence-corrected chi connectivity index (χ3v) is 6.80. The summed E-state index contributed by atoms with van der Waals surface area (Å²) >= 11 is 6.25. The van der Waals surface area contributed by atoms with Gasteiger partial charge in [-0.25, -0.2) is 0 Å². The Balaban J connectivity index is 1.32. The van der Waals surface area contributed by atoms with Crippen LogP contribution in [0, 0.1) is 20.8 Å². The third-order valence-electron chi connectivity index (χ3n) is 6.25. The Bertz CT molecular complexity index is 1090. The van der Waals surface area contributed by atoms with E-state index in [1.54, 1.807) is 0 Å². The first-order valence-electron chi connectivity index (χ1n) is 11.2. The van der Waals surface area contributed by atoms with Gasteiger partial charge in [-0.1, -0.05) is 23.7 Å². The highest BCUT2D eigenvalue weighted by Gasteiger charge is 2.23. The Hall–Kier alpha value is -2.64. The number of hydrogen-bond acceptors (Lipinski definition) is 4. The summed E-state index contributed by atoms with van der Waals surface area (Å²) in [5, 5.41) is 9.73. The molecule has 1 aliphatic heterocycles. The summed E-state index contributed by atoms with van der Waals surface area (Å²) < 4.78 is 3.89. The van der Waals surface area contributed by atoms with E-state index in [0.29, 0.717) is 11.6 Å². The minimum absolute atomic E-state index is 0.0975. The number of hydrogen-bond donors (Lipinski definition) is 0. The molecule has 3 aromatic rings. The van der Waals surface area contributed by atoms with E-state index in [1.165, 1.54) is 5.56 Å². The van der Waals surface area contributed by atoms with E-state index in [2.05, 4.69) is 35.1 Å². The average Bonchev–Trinajstić information content (AvgIpc) is 3.28. The van der Waals surface area contributed by atoms with E-state index >= 15 is 0 Å². The predicted octanol–water partition coefficient (Wildman–Crippen LogP) is 3.68. The van der Waals surface area contributed by atoms with Crippen LogP contribution in [0.4, 0.5) is 0 Å². The number of carbonyl (C=O) groups is 1. The molecule has 0 atom stereocenters. The van der Waals surface area contributed by atoms with Gasteiger partial charge in [-0.15, -0.1) is 0 Å². The monoisotopic (exact) mass is 454 g/mol. The van der Waals surface area contributed by atoms with Crippen LogP contribution in [-0.4, -0.2) is 61.4 Å². The van der Waals surface area contributed by atoms with Crippen LogP contribution in [0.3, 0.4) is 0 Å². The number of amides is 1. The lowest BCUT2D eigenvalue weighted by Crippen LogP contribution is -2.48. The summed E-state index contributed by atoms with van der Waals surface area (Å²) in [5.41, 5.74) is 5.98. The lowest BCUT2D eigenvalue weighted by Gasteiger charge is -2.34. The Morgan fingerprint density at radius 2 is 1.66 bits per heavy atom. The molecule has 1 aromatic carbocycles. The molecular weight excluding hydrogens is 424 g/mol. The quantitative estimate of drug-likeness (QED) is 0.570. The van der Waals surface area contributed by atoms with Crippen LogP contribution >= 0.6 is 11.6 Å². The van der Waals surface area contributed by atoms with Crippen LogP contribution in [0.5, 0.6) is 0 Å². The number of carbonyl (C=O) groups excluding carboxylic acids is 1. The van der Waals surface area contributed by atoms with Crippen molar-refractivity contribution in [1.29, 1.82) is 0 Å². The molecule has 0 bridgehead atoms. The van der Waals surface area contributed by atoms with Crippen LogP contribution < -0.4 is 0 Å². The minimum Gasteiger partial charge on any atom is -0.336 e. The second kappa shape index (κ2) is 9.46. The smallest absolute Gasteiger partial charge is 0.253 e. The first-order chi connectivity index (χ1) is 15.4. The summed E-state index contributed by atoms with van der Waals surface area (Å²) in [6.45, 7) is 13.7. The van der Waals surface area contributed by atoms with Gasteiger partial charge in [-0.2, -0.15) is 10.2 Å². The normalized spacial score (nSPS) is 14.8. The molecule has 0 N–H and O–H groups in total. The fourth-order valence-corrected chi connectivity index (χ4v) is 4.30. The number of benzene rings is 1. The van der Waals surface area contributed by atoms with E-state index in [4.69, 9.17) is 11.6 Å². The number of aromatic nitrogens is 4. The molecule has 2 aromatic heterocycles. The molecule has 0 radical (unpaired) electrons. The average molecular weight is 455 g/mol. The van der Waals surface area contributed by atoms with Gasteiger partial charge in [0, 0.05) is 56.6 Å². The summed E-state index contributed by atoms with van der Waals surface area (Å²) in [4.78, 5) is 17.3. The molecule has 32 heavy (non-hydrogen) atoms. The fraction of sp³-hybridized carbons (Fsp3) is 0.458. The first kappa shape index (κ1) is 22.6. The van der Waals surface area contributed by atoms with Crippen LogP contribution in [0.2, 0.25) is 5.02 Å². The summed E-state index contributed by atoms with van der Waals surface area (Å²) in [5.74, 6) is 0.0975. The highest BCUT2D eigenvalue weighted by molar-refractivity contribution is 6.31. The minimum atomic E-state index is 0.0975. The van der Waals surface area contributed by atoms with Gasteiger partial charge in [0.15, 0.2) is 0 Å². The van der Waals surface area contributed by atoms with Crippen molar-refractivity contribution in [3.05, 3.63) is 69.3 Å². The van der Waals surface area contributed by atoms with Gasteiger partial charge in [0.1, 0.15) is 0 Å². The highest BCUT2D eigenvalue weighted by Crippen LogP contribution is 2.20. The summed E-state index contributed by atoms with van der Waals surface area (Å²) in [6.07, 6.45) is 2.13. The lowest BCUT2D eigenvalue weighted by molar-refractivity contribution is 0.0628. The fourth-order valence-electron chi connectivity index (χ4n) is 4.16. The van der Waals surface area contributed by atoms with Crippen molar-refractivity contribution in [3.63, 3.8) is 0 Å². The zero-order valence-corrected chi connectivity index (χ0v) is 20.1. The molecule has 0 spiro atoms. The third kappa shape index (κ3) is 4.74. The van der Waals surface area contributed by atoms with Crippen molar-refractivity contribution in [1.82, 2.24) is 29.4 Å². The Morgan fingerprint density at radius 1 is 0.969 bits per heavy atom. The second-order valence-electron chi connectivity index (χ2n) is 8.50. The maximum Gasteiger partial charge on any atom is 0.253 e. The summed E-state index contributed by atoms with van der Waals surface area (Å²) in [6, 6.07) is 7.84. The van der Waals surface area contributed by atoms with Crippen molar-refractivity contribution >= 4 is 17.5 Å². The van der Waals surface area contributed by atoms with Crippen LogP contribution in [0.1, 0.15) is 45.5 Å². The van der Waals surface area contributed by atoms with Gasteiger partial charge in [0.2, 0.25) is 0 Å². The summed E-state index contributed by atoms with van der Waals surface area (Å²) in [7, 11) is 0. The van der Waals surface area contributed by atoms with Gasteiger partial charge in [-0.05, 0) is 45.4 Å². The molecule has 4 rings (SSSR count). The molecule has 0 aliphatic carbocycles. The molecule has 1 aliphatic rings. The molecule has 1 fully saturated rings. The molecular formula is C24H31ClN6O. The topological polar surface area (TPSA) is 59.2 Å². The number of halogens is 1. The zero-order valence-electron chi connectivity index (χ0n) is 19.3. The molecule has 0 unspecified atom stereocenters. The largest absolute Gasteiger partial charge is 0.336 e. The molecule has 0 saturated carbocycles. The number of aryl methyl sites for hydroxylation is 3. The maximum atomic E-state index is 13.0. The van der Waals surface area contributed by atoms with E-state index < -0.39 is 0 Å².